The molecule has 3 amide bonds. The summed E-state index contributed by atoms with van der Waals surface area (Å²) in [6.07, 6.45) is 2.97. The molecule has 9 heteroatoms. The minimum absolute atomic E-state index is 0.0252. The maximum atomic E-state index is 12.7. The number of ether oxygens (including phenoxy) is 1. The van der Waals surface area contributed by atoms with Crippen LogP contribution < -0.4 is 15.4 Å². The van der Waals surface area contributed by atoms with Gasteiger partial charge in [-0.25, -0.2) is 9.78 Å². The number of hydrogen-bond acceptors (Lipinski definition) is 4. The third-order valence-electron chi connectivity index (χ3n) is 6.06. The second-order valence-electron chi connectivity index (χ2n) is 7.99. The first-order chi connectivity index (χ1) is 14.9. The van der Waals surface area contributed by atoms with Gasteiger partial charge in [-0.15, -0.1) is 0 Å². The summed E-state index contributed by atoms with van der Waals surface area (Å²) in [5.41, 5.74) is 2.64. The number of hydrogen-bond donors (Lipinski definition) is 2. The number of carbonyl (C=O) groups excluding carboxylic acids is 2. The summed E-state index contributed by atoms with van der Waals surface area (Å²) in [6.45, 7) is 2.47. The van der Waals surface area contributed by atoms with Crippen LogP contribution in [0.3, 0.4) is 0 Å². The third kappa shape index (κ3) is 4.57. The quantitative estimate of drug-likeness (QED) is 0.607. The number of pyridine rings is 1. The summed E-state index contributed by atoms with van der Waals surface area (Å²) >= 11 is 12.2. The van der Waals surface area contributed by atoms with E-state index >= 15 is 0 Å². The first-order valence-corrected chi connectivity index (χ1v) is 11.0. The predicted molar refractivity (Wildman–Crippen MR) is 121 cm³/mol. The van der Waals surface area contributed by atoms with E-state index in [0.717, 1.165) is 36.8 Å². The lowest BCUT2D eigenvalue weighted by Gasteiger charge is -2.39. The molecular formula is C22H24Cl2N4O3. The molecule has 0 radical (unpaired) electrons. The number of amides is 3. The molecule has 0 unspecified atom stereocenters. The number of aryl methyl sites for hydroxylation is 1. The van der Waals surface area contributed by atoms with E-state index in [4.69, 9.17) is 27.9 Å². The Hall–Kier alpha value is -2.51. The SMILES string of the molecule is COc1ccc(NC(=O)C2CCC(N3Cc4c(C)cc(Cl)nc4NC3=O)CC2)cc1Cl. The minimum Gasteiger partial charge on any atom is -0.495 e. The molecule has 1 aromatic carbocycles. The van der Waals surface area contributed by atoms with Crippen molar-refractivity contribution < 1.29 is 14.3 Å². The van der Waals surface area contributed by atoms with Gasteiger partial charge >= 0.3 is 6.03 Å². The van der Waals surface area contributed by atoms with Gasteiger partial charge in [0.25, 0.3) is 0 Å². The third-order valence-corrected chi connectivity index (χ3v) is 6.55. The molecule has 2 aromatic rings. The van der Waals surface area contributed by atoms with E-state index in [0.29, 0.717) is 34.0 Å². The molecular weight excluding hydrogens is 439 g/mol. The fourth-order valence-corrected chi connectivity index (χ4v) is 4.82. The van der Waals surface area contributed by atoms with Crippen molar-refractivity contribution in [2.45, 2.75) is 45.2 Å². The number of carbonyl (C=O) groups is 2. The average Bonchev–Trinajstić information content (AvgIpc) is 2.73. The van der Waals surface area contributed by atoms with E-state index in [2.05, 4.69) is 15.6 Å². The molecule has 0 atom stereocenters. The molecule has 1 aromatic heterocycles. The molecule has 0 spiro atoms. The molecule has 0 bridgehead atoms. The van der Waals surface area contributed by atoms with Gasteiger partial charge in [-0.05, 0) is 62.4 Å². The normalized spacial score (nSPS) is 20.6. The second kappa shape index (κ2) is 8.93. The lowest BCUT2D eigenvalue weighted by molar-refractivity contribution is -0.121. The Morgan fingerprint density at radius 3 is 2.65 bits per heavy atom. The first kappa shape index (κ1) is 21.7. The smallest absolute Gasteiger partial charge is 0.323 e. The van der Waals surface area contributed by atoms with Crippen LogP contribution in [0.15, 0.2) is 24.3 Å². The molecule has 7 nitrogen and oxygen atoms in total. The van der Waals surface area contributed by atoms with Crippen molar-refractivity contribution in [2.75, 3.05) is 17.7 Å². The Balaban J connectivity index is 1.36. The van der Waals surface area contributed by atoms with Crippen LogP contribution in [0.2, 0.25) is 10.2 Å². The molecule has 2 N–H and O–H groups in total. The van der Waals surface area contributed by atoms with E-state index in [1.165, 1.54) is 0 Å². The highest BCUT2D eigenvalue weighted by Gasteiger charge is 2.35. The lowest BCUT2D eigenvalue weighted by Crippen LogP contribution is -2.47. The van der Waals surface area contributed by atoms with Crippen molar-refractivity contribution in [2.24, 2.45) is 5.92 Å². The van der Waals surface area contributed by atoms with Crippen LogP contribution in [-0.2, 0) is 11.3 Å². The first-order valence-electron chi connectivity index (χ1n) is 10.2. The zero-order valence-corrected chi connectivity index (χ0v) is 18.9. The summed E-state index contributed by atoms with van der Waals surface area (Å²) in [5, 5.41) is 6.62. The molecule has 1 fully saturated rings. The number of nitrogens with one attached hydrogen (secondary N) is 2. The maximum Gasteiger partial charge on any atom is 0.323 e. The van der Waals surface area contributed by atoms with Crippen LogP contribution >= 0.6 is 23.2 Å². The fraction of sp³-hybridized carbons (Fsp3) is 0.409. The van der Waals surface area contributed by atoms with E-state index in [9.17, 15) is 9.59 Å². The molecule has 2 aliphatic rings. The van der Waals surface area contributed by atoms with Crippen LogP contribution in [0.5, 0.6) is 5.75 Å². The van der Waals surface area contributed by atoms with Gasteiger partial charge in [-0.1, -0.05) is 23.2 Å². The van der Waals surface area contributed by atoms with Gasteiger partial charge in [0.05, 0.1) is 18.7 Å². The van der Waals surface area contributed by atoms with Crippen LogP contribution in [-0.4, -0.2) is 35.0 Å². The number of aromatic nitrogens is 1. The number of methoxy groups -OCH3 is 1. The minimum atomic E-state index is -0.164. The van der Waals surface area contributed by atoms with E-state index in [-0.39, 0.29) is 23.9 Å². The number of nitrogens with zero attached hydrogens (tertiary/aromatic N) is 2. The van der Waals surface area contributed by atoms with Crippen LogP contribution in [0, 0.1) is 12.8 Å². The molecule has 31 heavy (non-hydrogen) atoms. The van der Waals surface area contributed by atoms with E-state index < -0.39 is 0 Å². The van der Waals surface area contributed by atoms with Crippen LogP contribution in [0.4, 0.5) is 16.3 Å². The predicted octanol–water partition coefficient (Wildman–Crippen LogP) is 5.25. The van der Waals surface area contributed by atoms with Gasteiger partial charge in [-0.3, -0.25) is 10.1 Å². The molecule has 1 aliphatic heterocycles. The summed E-state index contributed by atoms with van der Waals surface area (Å²) < 4.78 is 5.14. The second-order valence-corrected chi connectivity index (χ2v) is 8.79. The highest BCUT2D eigenvalue weighted by Crippen LogP contribution is 2.34. The van der Waals surface area contributed by atoms with Gasteiger partial charge < -0.3 is 15.0 Å². The van der Waals surface area contributed by atoms with Crippen LogP contribution in [0.25, 0.3) is 0 Å². The van der Waals surface area contributed by atoms with Crippen LogP contribution in [0.1, 0.15) is 36.8 Å². The molecule has 4 rings (SSSR count). The molecule has 0 saturated heterocycles. The van der Waals surface area contributed by atoms with Crippen molar-refractivity contribution in [3.8, 4) is 5.75 Å². The van der Waals surface area contributed by atoms with Gasteiger partial charge in [0, 0.05) is 23.2 Å². The fourth-order valence-electron chi connectivity index (χ4n) is 4.31. The summed E-state index contributed by atoms with van der Waals surface area (Å²) in [5.74, 6) is 0.981. The van der Waals surface area contributed by atoms with E-state index in [1.807, 2.05) is 17.9 Å². The lowest BCUT2D eigenvalue weighted by atomic mass is 9.84. The largest absolute Gasteiger partial charge is 0.495 e. The highest BCUT2D eigenvalue weighted by molar-refractivity contribution is 6.32. The number of urea groups is 1. The Morgan fingerprint density at radius 1 is 1.23 bits per heavy atom. The van der Waals surface area contributed by atoms with Gasteiger partial charge in [-0.2, -0.15) is 0 Å². The Morgan fingerprint density at radius 2 is 1.97 bits per heavy atom. The Bertz CT molecular complexity index is 1020. The number of anilines is 2. The van der Waals surface area contributed by atoms with Crippen molar-refractivity contribution in [3.05, 3.63) is 45.6 Å². The number of halogens is 2. The molecule has 2 heterocycles. The summed E-state index contributed by atoms with van der Waals surface area (Å²) in [7, 11) is 1.55. The monoisotopic (exact) mass is 462 g/mol. The Kier molecular flexibility index (Phi) is 6.25. The number of rotatable bonds is 4. The zero-order chi connectivity index (χ0) is 22.1. The molecule has 1 saturated carbocycles. The topological polar surface area (TPSA) is 83.6 Å². The number of benzene rings is 1. The molecule has 164 valence electrons. The standard InChI is InChI=1S/C22H24Cl2N4O3/c1-12-9-19(24)26-20-16(12)11-28(22(30)27-20)15-6-3-13(4-7-15)21(29)25-14-5-8-18(31-2)17(23)10-14/h5,8-10,13,15H,3-4,6-7,11H2,1-2H3,(H,25,29)(H,26,27,30). The summed E-state index contributed by atoms with van der Waals surface area (Å²) in [6, 6.07) is 6.91. The maximum absolute atomic E-state index is 12.7. The van der Waals surface area contributed by atoms with E-state index in [1.54, 1.807) is 25.3 Å². The molecule has 1 aliphatic carbocycles. The Labute approximate surface area is 191 Å². The number of fused-ring (bicyclic) bond motifs is 1. The van der Waals surface area contributed by atoms with Crippen molar-refractivity contribution in [1.29, 1.82) is 0 Å². The zero-order valence-electron chi connectivity index (χ0n) is 17.4. The van der Waals surface area contributed by atoms with Gasteiger partial charge in [0.15, 0.2) is 0 Å². The van der Waals surface area contributed by atoms with Crippen molar-refractivity contribution in [3.63, 3.8) is 0 Å². The van der Waals surface area contributed by atoms with Gasteiger partial charge in [0.2, 0.25) is 5.91 Å². The summed E-state index contributed by atoms with van der Waals surface area (Å²) in [4.78, 5) is 31.5. The van der Waals surface area contributed by atoms with Crippen molar-refractivity contribution >= 4 is 46.6 Å². The average molecular weight is 463 g/mol. The highest BCUT2D eigenvalue weighted by atomic mass is 35.5. The van der Waals surface area contributed by atoms with Gasteiger partial charge in [0.1, 0.15) is 16.7 Å². The van der Waals surface area contributed by atoms with Crippen molar-refractivity contribution in [1.82, 2.24) is 9.88 Å².